The summed E-state index contributed by atoms with van der Waals surface area (Å²) in [5.41, 5.74) is 1.87. The van der Waals surface area contributed by atoms with Gasteiger partial charge in [-0.1, -0.05) is 24.3 Å². The fourth-order valence-electron chi connectivity index (χ4n) is 6.27. The number of hydrogen-bond donors (Lipinski definition) is 1. The third-order valence-corrected chi connectivity index (χ3v) is 8.67. The van der Waals surface area contributed by atoms with E-state index in [1.165, 1.54) is 23.1 Å². The molecule has 0 saturated heterocycles. The van der Waals surface area contributed by atoms with Crippen molar-refractivity contribution in [1.29, 1.82) is 0 Å². The van der Waals surface area contributed by atoms with Crippen molar-refractivity contribution in [2.75, 3.05) is 46.0 Å². The van der Waals surface area contributed by atoms with Crippen molar-refractivity contribution in [2.24, 2.45) is 0 Å². The molecule has 0 atom stereocenters. The number of rotatable bonds is 13. The number of fused-ring (bicyclic) bond motifs is 3. The van der Waals surface area contributed by atoms with E-state index in [-0.39, 0.29) is 5.56 Å². The number of carbonyl (C=O) groups is 1. The molecule has 0 saturated carbocycles. The Labute approximate surface area is 292 Å². The van der Waals surface area contributed by atoms with Crippen molar-refractivity contribution in [1.82, 2.24) is 19.3 Å². The van der Waals surface area contributed by atoms with Crippen molar-refractivity contribution in [3.05, 3.63) is 107 Å². The molecule has 1 amide bonds. The first-order valence-electron chi connectivity index (χ1n) is 16.6. The van der Waals surface area contributed by atoms with E-state index in [4.69, 9.17) is 23.7 Å². The van der Waals surface area contributed by atoms with Gasteiger partial charge in [-0.2, -0.15) is 0 Å². The third-order valence-electron chi connectivity index (χ3n) is 8.67. The standard InChI is InChI=1S/C38H36FN5O7/c1-47-17-19-49-33-21-28-30(22-34(33)50-20-18-48-2)40-23-41-37(28)51-32-15-14-29(26-7-3-4-8-27(26)32)42-36(45)35-31-9-5-6-16-43(31)44(38(35)46)25-12-10-24(39)11-13-25/h3-4,7-8,10-15,21-23H,5-6,9,16-20H2,1-2H3,(H,42,45). The Morgan fingerprint density at radius 2 is 1.55 bits per heavy atom. The number of nitrogens with one attached hydrogen (secondary N) is 1. The average molecular weight is 694 g/mol. The quantitative estimate of drug-likeness (QED) is 0.139. The lowest BCUT2D eigenvalue weighted by atomic mass is 10.0. The Morgan fingerprint density at radius 1 is 0.824 bits per heavy atom. The first-order valence-corrected chi connectivity index (χ1v) is 16.6. The zero-order valence-corrected chi connectivity index (χ0v) is 28.2. The Hall–Kier alpha value is -5.79. The molecule has 6 aromatic rings. The molecule has 0 spiro atoms. The summed E-state index contributed by atoms with van der Waals surface area (Å²) in [5.74, 6) is 0.840. The second kappa shape index (κ2) is 15.0. The lowest BCUT2D eigenvalue weighted by Crippen LogP contribution is -2.26. The zero-order valence-electron chi connectivity index (χ0n) is 28.2. The molecule has 3 heterocycles. The van der Waals surface area contributed by atoms with E-state index in [2.05, 4.69) is 15.3 Å². The Bertz CT molecular complexity index is 2270. The van der Waals surface area contributed by atoms with Crippen LogP contribution in [0.4, 0.5) is 10.1 Å². The summed E-state index contributed by atoms with van der Waals surface area (Å²) in [7, 11) is 3.20. The summed E-state index contributed by atoms with van der Waals surface area (Å²) in [6, 6.07) is 20.2. The Kier molecular flexibility index (Phi) is 9.90. The predicted molar refractivity (Wildman–Crippen MR) is 189 cm³/mol. The number of methoxy groups -OCH3 is 2. The number of amides is 1. The Balaban J connectivity index is 1.22. The van der Waals surface area contributed by atoms with Crippen LogP contribution in [0.1, 0.15) is 28.9 Å². The van der Waals surface area contributed by atoms with Gasteiger partial charge in [-0.05, 0) is 61.7 Å². The maximum atomic E-state index is 13.9. The monoisotopic (exact) mass is 693 g/mol. The van der Waals surface area contributed by atoms with Gasteiger partial charge in [0.1, 0.15) is 36.7 Å². The maximum absolute atomic E-state index is 13.9. The van der Waals surface area contributed by atoms with Gasteiger partial charge in [-0.15, -0.1) is 0 Å². The van der Waals surface area contributed by atoms with E-state index in [0.717, 1.165) is 12.8 Å². The molecule has 51 heavy (non-hydrogen) atoms. The molecule has 0 unspecified atom stereocenters. The molecule has 12 nitrogen and oxygen atoms in total. The van der Waals surface area contributed by atoms with Gasteiger partial charge >= 0.3 is 0 Å². The summed E-state index contributed by atoms with van der Waals surface area (Å²) in [6.45, 7) is 1.99. The first-order chi connectivity index (χ1) is 25.0. The van der Waals surface area contributed by atoms with Crippen LogP contribution in [0.15, 0.2) is 83.9 Å². The van der Waals surface area contributed by atoms with Crippen LogP contribution >= 0.6 is 0 Å². The molecular weight excluding hydrogens is 657 g/mol. The second-order valence-electron chi connectivity index (χ2n) is 11.9. The number of hydrogen-bond acceptors (Lipinski definition) is 9. The van der Waals surface area contributed by atoms with Crippen LogP contribution in [-0.4, -0.2) is 65.9 Å². The van der Waals surface area contributed by atoms with E-state index in [1.807, 2.05) is 28.9 Å². The summed E-state index contributed by atoms with van der Waals surface area (Å²) >= 11 is 0. The molecule has 0 aliphatic carbocycles. The van der Waals surface area contributed by atoms with Crippen LogP contribution in [0.25, 0.3) is 27.4 Å². The second-order valence-corrected chi connectivity index (χ2v) is 11.9. The van der Waals surface area contributed by atoms with E-state index in [0.29, 0.717) is 101 Å². The molecule has 13 heteroatoms. The summed E-state index contributed by atoms with van der Waals surface area (Å²) in [6.07, 6.45) is 3.70. The lowest BCUT2D eigenvalue weighted by Gasteiger charge is -2.19. The summed E-state index contributed by atoms with van der Waals surface area (Å²) < 4.78 is 45.6. The smallest absolute Gasteiger partial charge is 0.284 e. The van der Waals surface area contributed by atoms with Gasteiger partial charge in [-0.25, -0.2) is 19.0 Å². The molecule has 1 aliphatic rings. The van der Waals surface area contributed by atoms with Gasteiger partial charge in [-0.3, -0.25) is 14.3 Å². The van der Waals surface area contributed by atoms with Gasteiger partial charge < -0.3 is 29.0 Å². The summed E-state index contributed by atoms with van der Waals surface area (Å²) in [4.78, 5) is 36.6. The third kappa shape index (κ3) is 6.85. The maximum Gasteiger partial charge on any atom is 0.284 e. The van der Waals surface area contributed by atoms with Crippen molar-refractivity contribution in [3.8, 4) is 28.8 Å². The topological polar surface area (TPSA) is 128 Å². The predicted octanol–water partition coefficient (Wildman–Crippen LogP) is 6.31. The summed E-state index contributed by atoms with van der Waals surface area (Å²) in [5, 5.41) is 5.00. The highest BCUT2D eigenvalue weighted by molar-refractivity contribution is 6.10. The molecule has 0 bridgehead atoms. The van der Waals surface area contributed by atoms with E-state index < -0.39 is 17.3 Å². The lowest BCUT2D eigenvalue weighted by molar-refractivity contribution is 0.102. The minimum atomic E-state index is -0.517. The number of nitrogens with zero attached hydrogens (tertiary/aromatic N) is 4. The van der Waals surface area contributed by atoms with Crippen LogP contribution < -0.4 is 25.1 Å². The number of halogens is 1. The highest BCUT2D eigenvalue weighted by atomic mass is 19.1. The highest BCUT2D eigenvalue weighted by Crippen LogP contribution is 2.39. The SMILES string of the molecule is COCCOc1cc2ncnc(Oc3ccc(NC(=O)c4c5n(n(-c6ccc(F)cc6)c4=O)CCCC5)c4ccccc34)c2cc1OCCOC. The molecule has 0 fully saturated rings. The number of carbonyl (C=O) groups excluding carboxylic acids is 1. The van der Waals surface area contributed by atoms with Gasteiger partial charge in [0.25, 0.3) is 11.5 Å². The van der Waals surface area contributed by atoms with Crippen LogP contribution in [0, 0.1) is 5.82 Å². The van der Waals surface area contributed by atoms with Crippen LogP contribution in [0.2, 0.25) is 0 Å². The minimum Gasteiger partial charge on any atom is -0.487 e. The van der Waals surface area contributed by atoms with Crippen molar-refractivity contribution < 1.29 is 32.9 Å². The fourth-order valence-corrected chi connectivity index (χ4v) is 6.27. The zero-order chi connectivity index (χ0) is 35.3. The van der Waals surface area contributed by atoms with Gasteiger partial charge in [0, 0.05) is 43.3 Å². The van der Waals surface area contributed by atoms with Gasteiger partial charge in [0.05, 0.1) is 35.5 Å². The van der Waals surface area contributed by atoms with Crippen LogP contribution in [0.3, 0.4) is 0 Å². The highest BCUT2D eigenvalue weighted by Gasteiger charge is 2.28. The fraction of sp³-hybridized carbons (Fsp3) is 0.263. The molecule has 1 aliphatic heterocycles. The number of ether oxygens (including phenoxy) is 5. The molecule has 262 valence electrons. The van der Waals surface area contributed by atoms with E-state index in [9.17, 15) is 14.0 Å². The van der Waals surface area contributed by atoms with Crippen molar-refractivity contribution in [3.63, 3.8) is 0 Å². The Morgan fingerprint density at radius 3 is 2.29 bits per heavy atom. The van der Waals surface area contributed by atoms with Crippen molar-refractivity contribution >= 4 is 33.3 Å². The van der Waals surface area contributed by atoms with E-state index in [1.54, 1.807) is 50.6 Å². The van der Waals surface area contributed by atoms with Crippen LogP contribution in [0.5, 0.6) is 23.1 Å². The molecule has 1 N–H and O–H groups in total. The van der Waals surface area contributed by atoms with Crippen molar-refractivity contribution in [2.45, 2.75) is 25.8 Å². The van der Waals surface area contributed by atoms with Crippen LogP contribution in [-0.2, 0) is 22.4 Å². The molecular formula is C38H36FN5O7. The number of aromatic nitrogens is 4. The normalized spacial score (nSPS) is 12.5. The molecule has 4 aromatic carbocycles. The van der Waals surface area contributed by atoms with Gasteiger partial charge in [0.2, 0.25) is 5.88 Å². The average Bonchev–Trinajstić information content (AvgIpc) is 3.45. The number of benzene rings is 4. The minimum absolute atomic E-state index is 0.0741. The van der Waals surface area contributed by atoms with Gasteiger partial charge in [0.15, 0.2) is 11.5 Å². The van der Waals surface area contributed by atoms with E-state index >= 15 is 0 Å². The number of anilines is 1. The largest absolute Gasteiger partial charge is 0.487 e. The molecule has 7 rings (SSSR count). The molecule has 2 aromatic heterocycles. The first kappa shape index (κ1) is 33.7. The molecule has 0 radical (unpaired) electrons.